The van der Waals surface area contributed by atoms with Crippen LogP contribution >= 0.6 is 15.9 Å². The average Bonchev–Trinajstić information content (AvgIpc) is 2.31. The first kappa shape index (κ1) is 7.54. The molecule has 62 valence electrons. The average molecular weight is 228 g/mol. The Kier molecular flexibility index (Phi) is 1.54. The van der Waals surface area contributed by atoms with Crippen LogP contribution in [0.1, 0.15) is 5.82 Å². The first-order chi connectivity index (χ1) is 5.68. The number of hydrogen-bond acceptors (Lipinski definition) is 2. The summed E-state index contributed by atoms with van der Waals surface area (Å²) in [6.45, 7) is 1.75. The Labute approximate surface area is 76.2 Å². The Balaban J connectivity index is 3.03. The molecule has 0 aliphatic heterocycles. The Morgan fingerprint density at radius 2 is 2.33 bits per heavy atom. The smallest absolute Gasteiger partial charge is 0.261 e. The third-order valence-corrected chi connectivity index (χ3v) is 2.24. The van der Waals surface area contributed by atoms with Crippen LogP contribution in [-0.4, -0.2) is 15.0 Å². The lowest BCUT2D eigenvalue weighted by molar-refractivity contribution is 1.05. The molecule has 2 N–H and O–H groups in total. The Bertz CT molecular complexity index is 485. The van der Waals surface area contributed by atoms with Crippen molar-refractivity contribution in [2.75, 3.05) is 0 Å². The van der Waals surface area contributed by atoms with Crippen molar-refractivity contribution >= 4 is 27.0 Å². The van der Waals surface area contributed by atoms with Crippen LogP contribution in [0.5, 0.6) is 0 Å². The van der Waals surface area contributed by atoms with Gasteiger partial charge in [0, 0.05) is 6.20 Å². The van der Waals surface area contributed by atoms with Crippen molar-refractivity contribution < 1.29 is 0 Å². The molecule has 0 unspecified atom stereocenters. The van der Waals surface area contributed by atoms with Gasteiger partial charge in [0.2, 0.25) is 0 Å². The fourth-order valence-corrected chi connectivity index (χ4v) is 1.60. The summed E-state index contributed by atoms with van der Waals surface area (Å²) in [7, 11) is 0. The van der Waals surface area contributed by atoms with E-state index < -0.39 is 0 Å². The Morgan fingerprint density at radius 3 is 3.08 bits per heavy atom. The van der Waals surface area contributed by atoms with Crippen molar-refractivity contribution in [3.63, 3.8) is 0 Å². The monoisotopic (exact) mass is 227 g/mol. The van der Waals surface area contributed by atoms with Gasteiger partial charge in [-0.1, -0.05) is 0 Å². The fourth-order valence-electron chi connectivity index (χ4n) is 1.12. The zero-order valence-corrected chi connectivity index (χ0v) is 7.90. The molecular weight excluding hydrogens is 222 g/mol. The summed E-state index contributed by atoms with van der Waals surface area (Å²) in [6, 6.07) is 0. The SMILES string of the molecule is Cc1nc2[nH]cc(Br)c2c(=O)[nH]1. The molecular formula is C7H6BrN3O. The number of rotatable bonds is 0. The summed E-state index contributed by atoms with van der Waals surface area (Å²) < 4.78 is 0.742. The molecule has 0 aliphatic carbocycles. The summed E-state index contributed by atoms with van der Waals surface area (Å²) in [6.07, 6.45) is 1.70. The molecule has 2 heterocycles. The lowest BCUT2D eigenvalue weighted by Gasteiger charge is -1.91. The second-order valence-electron chi connectivity index (χ2n) is 2.51. The third-order valence-electron chi connectivity index (χ3n) is 1.61. The zero-order chi connectivity index (χ0) is 8.72. The molecule has 2 aromatic heterocycles. The first-order valence-electron chi connectivity index (χ1n) is 3.42. The van der Waals surface area contributed by atoms with Crippen molar-refractivity contribution in [2.45, 2.75) is 6.92 Å². The maximum atomic E-state index is 11.3. The van der Waals surface area contributed by atoms with Crippen molar-refractivity contribution in [3.8, 4) is 0 Å². The molecule has 2 aromatic rings. The molecule has 0 aromatic carbocycles. The van der Waals surface area contributed by atoms with Gasteiger partial charge in [-0.25, -0.2) is 4.98 Å². The summed E-state index contributed by atoms with van der Waals surface area (Å²) in [5, 5.41) is 0.570. The highest BCUT2D eigenvalue weighted by Crippen LogP contribution is 2.17. The number of aromatic amines is 2. The molecule has 0 bridgehead atoms. The molecule has 5 heteroatoms. The molecule has 12 heavy (non-hydrogen) atoms. The van der Waals surface area contributed by atoms with E-state index in [-0.39, 0.29) is 5.56 Å². The van der Waals surface area contributed by atoms with Gasteiger partial charge in [-0.3, -0.25) is 4.79 Å². The van der Waals surface area contributed by atoms with Crippen LogP contribution in [0.15, 0.2) is 15.5 Å². The number of fused-ring (bicyclic) bond motifs is 1. The van der Waals surface area contributed by atoms with Crippen LogP contribution in [0.3, 0.4) is 0 Å². The van der Waals surface area contributed by atoms with Gasteiger partial charge in [0.1, 0.15) is 11.5 Å². The van der Waals surface area contributed by atoms with Crippen LogP contribution in [0.2, 0.25) is 0 Å². The van der Waals surface area contributed by atoms with Crippen molar-refractivity contribution in [1.29, 1.82) is 0 Å². The molecule has 0 spiro atoms. The zero-order valence-electron chi connectivity index (χ0n) is 6.31. The van der Waals surface area contributed by atoms with Gasteiger partial charge in [0.05, 0.1) is 9.86 Å². The largest absolute Gasteiger partial charge is 0.345 e. The normalized spacial score (nSPS) is 10.8. The van der Waals surface area contributed by atoms with E-state index in [1.54, 1.807) is 13.1 Å². The second-order valence-corrected chi connectivity index (χ2v) is 3.37. The van der Waals surface area contributed by atoms with Crippen LogP contribution in [-0.2, 0) is 0 Å². The number of nitrogens with one attached hydrogen (secondary N) is 2. The third kappa shape index (κ3) is 0.972. The van der Waals surface area contributed by atoms with E-state index in [0.29, 0.717) is 16.9 Å². The Hall–Kier alpha value is -1.10. The molecule has 0 radical (unpaired) electrons. The van der Waals surface area contributed by atoms with Gasteiger partial charge >= 0.3 is 0 Å². The van der Waals surface area contributed by atoms with Crippen LogP contribution in [0, 0.1) is 6.92 Å². The van der Waals surface area contributed by atoms with Crippen molar-refractivity contribution in [1.82, 2.24) is 15.0 Å². The van der Waals surface area contributed by atoms with Gasteiger partial charge in [0.15, 0.2) is 0 Å². The molecule has 0 atom stereocenters. The highest BCUT2D eigenvalue weighted by Gasteiger charge is 2.06. The summed E-state index contributed by atoms with van der Waals surface area (Å²) in [4.78, 5) is 21.0. The van der Waals surface area contributed by atoms with E-state index in [9.17, 15) is 4.79 Å². The van der Waals surface area contributed by atoms with Crippen LogP contribution < -0.4 is 5.56 Å². The van der Waals surface area contributed by atoms with Crippen LogP contribution in [0.25, 0.3) is 11.0 Å². The predicted molar refractivity (Wildman–Crippen MR) is 49.2 cm³/mol. The number of H-pyrrole nitrogens is 2. The minimum atomic E-state index is -0.120. The standard InChI is InChI=1S/C7H6BrN3O/c1-3-10-6-5(7(12)11-3)4(8)2-9-6/h2H,1H3,(H2,9,10,11,12). The lowest BCUT2D eigenvalue weighted by Crippen LogP contribution is -2.08. The summed E-state index contributed by atoms with van der Waals surface area (Å²) >= 11 is 3.25. The maximum absolute atomic E-state index is 11.3. The van der Waals surface area contributed by atoms with E-state index in [4.69, 9.17) is 0 Å². The molecule has 0 fully saturated rings. The Morgan fingerprint density at radius 1 is 1.58 bits per heavy atom. The fraction of sp³-hybridized carbons (Fsp3) is 0.143. The topological polar surface area (TPSA) is 61.5 Å². The summed E-state index contributed by atoms with van der Waals surface area (Å²) in [5.74, 6) is 0.613. The van der Waals surface area contributed by atoms with Gasteiger partial charge in [-0.05, 0) is 22.9 Å². The lowest BCUT2D eigenvalue weighted by atomic mass is 10.4. The van der Waals surface area contributed by atoms with Gasteiger partial charge in [0.25, 0.3) is 5.56 Å². The number of nitrogens with zero attached hydrogens (tertiary/aromatic N) is 1. The van der Waals surface area contributed by atoms with E-state index in [0.717, 1.165) is 4.47 Å². The molecule has 0 aliphatic rings. The number of halogens is 1. The molecule has 0 saturated carbocycles. The molecule has 2 rings (SSSR count). The van der Waals surface area contributed by atoms with Crippen molar-refractivity contribution in [3.05, 3.63) is 26.8 Å². The van der Waals surface area contributed by atoms with Gasteiger partial charge in [-0.15, -0.1) is 0 Å². The van der Waals surface area contributed by atoms with E-state index >= 15 is 0 Å². The minimum absolute atomic E-state index is 0.120. The molecule has 0 saturated heterocycles. The van der Waals surface area contributed by atoms with Gasteiger partial charge in [-0.2, -0.15) is 0 Å². The van der Waals surface area contributed by atoms with E-state index in [1.807, 2.05) is 0 Å². The minimum Gasteiger partial charge on any atom is -0.345 e. The van der Waals surface area contributed by atoms with Crippen molar-refractivity contribution in [2.24, 2.45) is 0 Å². The molecule has 4 nitrogen and oxygen atoms in total. The quantitative estimate of drug-likeness (QED) is 0.714. The number of aromatic nitrogens is 3. The second kappa shape index (κ2) is 2.45. The number of aryl methyl sites for hydroxylation is 1. The maximum Gasteiger partial charge on any atom is 0.261 e. The highest BCUT2D eigenvalue weighted by molar-refractivity contribution is 9.10. The first-order valence-corrected chi connectivity index (χ1v) is 4.21. The van der Waals surface area contributed by atoms with E-state index in [2.05, 4.69) is 30.9 Å². The van der Waals surface area contributed by atoms with Gasteiger partial charge < -0.3 is 9.97 Å². The molecule has 0 amide bonds. The highest BCUT2D eigenvalue weighted by atomic mass is 79.9. The van der Waals surface area contributed by atoms with E-state index in [1.165, 1.54) is 0 Å². The number of hydrogen-bond donors (Lipinski definition) is 2. The predicted octanol–water partition coefficient (Wildman–Crippen LogP) is 1.32. The summed E-state index contributed by atoms with van der Waals surface area (Å²) in [5.41, 5.74) is 0.494. The van der Waals surface area contributed by atoms with Crippen LogP contribution in [0.4, 0.5) is 0 Å².